The zero-order chi connectivity index (χ0) is 18.0. The Hall–Kier alpha value is -1.10. The molecule has 1 aromatic rings. The highest BCUT2D eigenvalue weighted by Gasteiger charge is 2.49. The van der Waals surface area contributed by atoms with E-state index in [-0.39, 0.29) is 18.3 Å². The highest BCUT2D eigenvalue weighted by molar-refractivity contribution is 6.81. The van der Waals surface area contributed by atoms with Crippen molar-refractivity contribution in [1.82, 2.24) is 0 Å². The van der Waals surface area contributed by atoms with Crippen LogP contribution in [0.4, 0.5) is 0 Å². The molecule has 1 heterocycles. The monoisotopic (exact) mass is 342 g/mol. The van der Waals surface area contributed by atoms with Crippen molar-refractivity contribution < 1.29 is 9.31 Å². The Balaban J connectivity index is 2.11. The summed E-state index contributed by atoms with van der Waals surface area (Å²) in [5, 5.41) is 0. The van der Waals surface area contributed by atoms with Crippen LogP contribution in [0, 0.1) is 0 Å². The lowest BCUT2D eigenvalue weighted by Crippen LogP contribution is -2.41. The molecule has 0 aliphatic carbocycles. The summed E-state index contributed by atoms with van der Waals surface area (Å²) in [5.74, 6) is 2.05. The first-order chi connectivity index (χ1) is 11.0. The number of benzene rings is 1. The second-order valence-corrected chi connectivity index (χ2v) is 13.7. The lowest BCUT2D eigenvalue weighted by atomic mass is 9.89. The molecule has 1 aromatic carbocycles. The molecule has 1 saturated heterocycles. The summed E-state index contributed by atoms with van der Waals surface area (Å²) in [6.45, 7) is 15.4. The molecule has 1 aliphatic heterocycles. The summed E-state index contributed by atoms with van der Waals surface area (Å²) in [7, 11) is -1.55. The van der Waals surface area contributed by atoms with Gasteiger partial charge in [0.1, 0.15) is 0 Å². The van der Waals surface area contributed by atoms with Crippen molar-refractivity contribution in [3.05, 3.63) is 53.6 Å². The molecule has 1 aliphatic rings. The normalized spacial score (nSPS) is 20.8. The largest absolute Gasteiger partial charge is 0.486 e. The van der Waals surface area contributed by atoms with E-state index in [4.69, 9.17) is 9.31 Å². The molecule has 0 bridgehead atoms. The van der Waals surface area contributed by atoms with Gasteiger partial charge >= 0.3 is 7.12 Å². The molecule has 130 valence electrons. The molecule has 0 amide bonds. The molecule has 1 fully saturated rings. The molecule has 2 rings (SSSR count). The minimum Gasteiger partial charge on any atom is -0.400 e. The van der Waals surface area contributed by atoms with Crippen molar-refractivity contribution in [3.63, 3.8) is 0 Å². The van der Waals surface area contributed by atoms with Gasteiger partial charge in [-0.3, -0.25) is 0 Å². The van der Waals surface area contributed by atoms with Crippen LogP contribution >= 0.6 is 0 Å². The molecule has 4 heteroatoms. The standard InChI is InChI=1S/C20H31BO2Si/c1-19(2)20(3,4)23-21(22-19)15-11-14-18(16-24(5,6)7)17-12-9-8-10-13-17/h8-13,15-16H,14H2,1-7H3/b15-11+,18-16-. The third-order valence-electron chi connectivity index (χ3n) is 4.65. The molecule has 24 heavy (non-hydrogen) atoms. The second kappa shape index (κ2) is 7.03. The summed E-state index contributed by atoms with van der Waals surface area (Å²) in [6.07, 6.45) is 3.08. The molecule has 0 N–H and O–H groups in total. The van der Waals surface area contributed by atoms with Gasteiger partial charge in [0.25, 0.3) is 0 Å². The van der Waals surface area contributed by atoms with Gasteiger partial charge in [0.2, 0.25) is 0 Å². The number of rotatable bonds is 5. The van der Waals surface area contributed by atoms with Crippen molar-refractivity contribution >= 4 is 20.8 Å². The van der Waals surface area contributed by atoms with E-state index in [0.29, 0.717) is 0 Å². The Morgan fingerprint density at radius 3 is 2.04 bits per heavy atom. The molecule has 0 spiro atoms. The predicted molar refractivity (Wildman–Crippen MR) is 108 cm³/mol. The van der Waals surface area contributed by atoms with Crippen LogP contribution < -0.4 is 0 Å². The fourth-order valence-electron chi connectivity index (χ4n) is 2.71. The minimum atomic E-state index is -1.29. The number of hydrogen-bond donors (Lipinski definition) is 0. The lowest BCUT2D eigenvalue weighted by Gasteiger charge is -2.32. The molecule has 0 radical (unpaired) electrons. The van der Waals surface area contributed by atoms with Gasteiger partial charge in [-0.2, -0.15) is 0 Å². The van der Waals surface area contributed by atoms with Crippen LogP contribution in [0.15, 0.2) is 48.1 Å². The van der Waals surface area contributed by atoms with Gasteiger partial charge < -0.3 is 9.31 Å². The van der Waals surface area contributed by atoms with Crippen molar-refractivity contribution in [3.8, 4) is 0 Å². The lowest BCUT2D eigenvalue weighted by molar-refractivity contribution is 0.00578. The highest BCUT2D eigenvalue weighted by Crippen LogP contribution is 2.37. The van der Waals surface area contributed by atoms with Crippen LogP contribution in [0.1, 0.15) is 39.7 Å². The maximum atomic E-state index is 6.03. The van der Waals surface area contributed by atoms with Crippen LogP contribution in [0.25, 0.3) is 5.57 Å². The van der Waals surface area contributed by atoms with Crippen LogP contribution in [-0.4, -0.2) is 26.4 Å². The molecule has 0 aromatic heterocycles. The van der Waals surface area contributed by atoms with E-state index in [0.717, 1.165) is 6.42 Å². The Morgan fingerprint density at radius 1 is 1.00 bits per heavy atom. The summed E-state index contributed by atoms with van der Waals surface area (Å²) in [4.78, 5) is 0. The smallest absolute Gasteiger partial charge is 0.400 e. The van der Waals surface area contributed by atoms with E-state index in [2.05, 4.69) is 95.4 Å². The van der Waals surface area contributed by atoms with Crippen LogP contribution in [0.5, 0.6) is 0 Å². The molecule has 2 nitrogen and oxygen atoms in total. The molecular weight excluding hydrogens is 311 g/mol. The third-order valence-corrected chi connectivity index (χ3v) is 5.87. The first-order valence-corrected chi connectivity index (χ1v) is 12.4. The molecular formula is C20H31BO2Si. The summed E-state index contributed by atoms with van der Waals surface area (Å²) in [6, 6.07) is 10.6. The molecule has 0 atom stereocenters. The van der Waals surface area contributed by atoms with E-state index in [9.17, 15) is 0 Å². The van der Waals surface area contributed by atoms with Gasteiger partial charge in [-0.1, -0.05) is 67.7 Å². The molecule has 0 saturated carbocycles. The maximum absolute atomic E-state index is 6.03. The fourth-order valence-corrected chi connectivity index (χ4v) is 4.04. The van der Waals surface area contributed by atoms with Gasteiger partial charge in [0, 0.05) is 0 Å². The summed E-state index contributed by atoms with van der Waals surface area (Å²) < 4.78 is 12.1. The van der Waals surface area contributed by atoms with Crippen LogP contribution in [0.2, 0.25) is 19.6 Å². The average molecular weight is 342 g/mol. The Labute approximate surface area is 149 Å². The van der Waals surface area contributed by atoms with E-state index >= 15 is 0 Å². The maximum Gasteiger partial charge on any atom is 0.486 e. The van der Waals surface area contributed by atoms with Gasteiger partial charge in [-0.25, -0.2) is 0 Å². The second-order valence-electron chi connectivity index (χ2n) is 8.66. The van der Waals surface area contributed by atoms with E-state index in [1.807, 2.05) is 0 Å². The first kappa shape index (κ1) is 19.2. The molecule has 0 unspecified atom stereocenters. The Morgan fingerprint density at radius 2 is 1.54 bits per heavy atom. The van der Waals surface area contributed by atoms with Crippen LogP contribution in [0.3, 0.4) is 0 Å². The fraction of sp³-hybridized carbons (Fsp3) is 0.500. The SMILES string of the molecule is CC1(C)OB(/C=C/C/C(=C/[Si](C)(C)C)c2ccccc2)OC1(C)C. The topological polar surface area (TPSA) is 18.5 Å². The van der Waals surface area contributed by atoms with E-state index in [1.165, 1.54) is 11.1 Å². The van der Waals surface area contributed by atoms with Gasteiger partial charge in [0.05, 0.1) is 19.3 Å². The zero-order valence-corrected chi connectivity index (χ0v) is 17.2. The number of allylic oxidation sites excluding steroid dienone is 2. The third kappa shape index (κ3) is 4.95. The van der Waals surface area contributed by atoms with Crippen molar-refractivity contribution in [2.24, 2.45) is 0 Å². The predicted octanol–water partition coefficient (Wildman–Crippen LogP) is 5.53. The Bertz CT molecular complexity index is 596. The zero-order valence-electron chi connectivity index (χ0n) is 16.2. The van der Waals surface area contributed by atoms with Crippen molar-refractivity contribution in [1.29, 1.82) is 0 Å². The first-order valence-electron chi connectivity index (χ1n) is 8.80. The van der Waals surface area contributed by atoms with Crippen molar-refractivity contribution in [2.45, 2.75) is 65.0 Å². The minimum absolute atomic E-state index is 0.265. The highest BCUT2D eigenvalue weighted by atomic mass is 28.3. The number of hydrogen-bond acceptors (Lipinski definition) is 2. The summed E-state index contributed by atoms with van der Waals surface area (Å²) in [5.41, 5.74) is 4.62. The van der Waals surface area contributed by atoms with Crippen molar-refractivity contribution in [2.75, 3.05) is 0 Å². The quantitative estimate of drug-likeness (QED) is 0.656. The van der Waals surface area contributed by atoms with Gasteiger partial charge in [0.15, 0.2) is 0 Å². The average Bonchev–Trinajstić information content (AvgIpc) is 2.65. The van der Waals surface area contributed by atoms with Gasteiger partial charge in [-0.15, -0.1) is 0 Å². The van der Waals surface area contributed by atoms with Gasteiger partial charge in [-0.05, 0) is 45.3 Å². The van der Waals surface area contributed by atoms with Crippen LogP contribution in [-0.2, 0) is 9.31 Å². The van der Waals surface area contributed by atoms with E-state index in [1.54, 1.807) is 0 Å². The van der Waals surface area contributed by atoms with E-state index < -0.39 is 8.07 Å². The Kier molecular flexibility index (Phi) is 5.63. The summed E-state index contributed by atoms with van der Waals surface area (Å²) >= 11 is 0.